The van der Waals surface area contributed by atoms with Crippen molar-refractivity contribution in [2.75, 3.05) is 19.7 Å². The van der Waals surface area contributed by atoms with E-state index in [0.717, 1.165) is 35.9 Å². The van der Waals surface area contributed by atoms with Gasteiger partial charge in [-0.1, -0.05) is 43.5 Å². The van der Waals surface area contributed by atoms with Crippen LogP contribution in [0.15, 0.2) is 48.5 Å². The van der Waals surface area contributed by atoms with Crippen molar-refractivity contribution in [3.63, 3.8) is 0 Å². The Morgan fingerprint density at radius 2 is 1.67 bits per heavy atom. The van der Waals surface area contributed by atoms with Crippen molar-refractivity contribution in [2.45, 2.75) is 38.3 Å². The smallest absolute Gasteiger partial charge is 0.490 e. The molecule has 4 N–H and O–H groups in total. The van der Waals surface area contributed by atoms with E-state index in [2.05, 4.69) is 5.32 Å². The van der Waals surface area contributed by atoms with Crippen LogP contribution in [0.1, 0.15) is 42.5 Å². The molecule has 1 aliphatic rings. The Kier molecular flexibility index (Phi) is 10.2. The van der Waals surface area contributed by atoms with E-state index in [-0.39, 0.29) is 0 Å². The van der Waals surface area contributed by atoms with Gasteiger partial charge in [-0.15, -0.1) is 0 Å². The number of alkyl halides is 3. The lowest BCUT2D eigenvalue weighted by Crippen LogP contribution is -2.28. The summed E-state index contributed by atoms with van der Waals surface area (Å²) < 4.78 is 37.6. The second kappa shape index (κ2) is 12.8. The average molecular weight is 467 g/mol. The van der Waals surface area contributed by atoms with Gasteiger partial charge in [-0.3, -0.25) is 4.79 Å². The van der Waals surface area contributed by atoms with Gasteiger partial charge in [0.2, 0.25) is 5.91 Å². The summed E-state index contributed by atoms with van der Waals surface area (Å²) in [5, 5.41) is 10.6. The van der Waals surface area contributed by atoms with Crippen LogP contribution in [0.3, 0.4) is 0 Å². The fourth-order valence-electron chi connectivity index (χ4n) is 3.53. The Balaban J connectivity index is 0.000000479. The highest BCUT2D eigenvalue weighted by Gasteiger charge is 2.38. The minimum Gasteiger partial charge on any atom is -0.492 e. The fraction of sp³-hybridized carbons (Fsp3) is 0.417. The van der Waals surface area contributed by atoms with Gasteiger partial charge in [-0.2, -0.15) is 13.2 Å². The molecule has 1 aliphatic carbocycles. The summed E-state index contributed by atoms with van der Waals surface area (Å²) in [7, 11) is 0. The van der Waals surface area contributed by atoms with Crippen LogP contribution in [0.2, 0.25) is 0 Å². The maximum atomic E-state index is 11.2. The minimum absolute atomic E-state index is 0.408. The molecule has 1 fully saturated rings. The number of halogens is 3. The van der Waals surface area contributed by atoms with Gasteiger partial charge in [-0.25, -0.2) is 4.79 Å². The van der Waals surface area contributed by atoms with Gasteiger partial charge in [-0.05, 0) is 60.7 Å². The van der Waals surface area contributed by atoms with Crippen LogP contribution < -0.4 is 15.8 Å². The van der Waals surface area contributed by atoms with Crippen LogP contribution in [0.4, 0.5) is 13.2 Å². The predicted molar refractivity (Wildman–Crippen MR) is 119 cm³/mol. The van der Waals surface area contributed by atoms with Gasteiger partial charge in [0.05, 0.1) is 0 Å². The normalized spacial score (nSPS) is 14.2. The topological polar surface area (TPSA) is 102 Å². The molecule has 0 radical (unpaired) electrons. The van der Waals surface area contributed by atoms with Gasteiger partial charge in [0.25, 0.3) is 0 Å². The molecule has 2 aromatic carbocycles. The number of amides is 1. The fourth-order valence-corrected chi connectivity index (χ4v) is 3.53. The Bertz CT molecular complexity index is 895. The first-order valence-corrected chi connectivity index (χ1v) is 10.8. The van der Waals surface area contributed by atoms with Gasteiger partial charge < -0.3 is 20.9 Å². The molecule has 3 rings (SSSR count). The molecule has 2 aromatic rings. The molecule has 1 saturated carbocycles. The van der Waals surface area contributed by atoms with Crippen molar-refractivity contribution in [2.24, 2.45) is 11.7 Å². The highest BCUT2D eigenvalue weighted by molar-refractivity contribution is 5.93. The Morgan fingerprint density at radius 1 is 1.03 bits per heavy atom. The molecule has 0 heterocycles. The summed E-state index contributed by atoms with van der Waals surface area (Å²) in [6, 6.07) is 15.3. The number of carboxylic acid groups (broad SMARTS) is 1. The van der Waals surface area contributed by atoms with E-state index in [9.17, 15) is 18.0 Å². The second-order valence-corrected chi connectivity index (χ2v) is 7.83. The predicted octanol–water partition coefficient (Wildman–Crippen LogP) is 4.63. The number of nitrogens with one attached hydrogen (secondary N) is 1. The monoisotopic (exact) mass is 466 g/mol. The number of benzene rings is 2. The molecule has 0 unspecified atom stereocenters. The molecule has 6 nitrogen and oxygen atoms in total. The number of hydrogen-bond donors (Lipinski definition) is 3. The third kappa shape index (κ3) is 9.53. The van der Waals surface area contributed by atoms with Crippen molar-refractivity contribution in [3.8, 4) is 16.9 Å². The molecule has 33 heavy (non-hydrogen) atoms. The van der Waals surface area contributed by atoms with E-state index in [4.69, 9.17) is 20.4 Å². The molecule has 0 spiro atoms. The van der Waals surface area contributed by atoms with E-state index in [1.807, 2.05) is 36.4 Å². The van der Waals surface area contributed by atoms with Crippen molar-refractivity contribution in [3.05, 3.63) is 54.1 Å². The molecule has 0 aliphatic heterocycles. The number of carbonyl (C=O) groups excluding carboxylic acids is 1. The lowest BCUT2D eigenvalue weighted by atomic mass is 9.89. The van der Waals surface area contributed by atoms with Gasteiger partial charge in [0.15, 0.2) is 0 Å². The third-order valence-corrected chi connectivity index (χ3v) is 5.28. The van der Waals surface area contributed by atoms with E-state index in [1.165, 1.54) is 32.1 Å². The number of rotatable bonds is 8. The second-order valence-electron chi connectivity index (χ2n) is 7.83. The molecule has 0 saturated heterocycles. The number of carboxylic acids is 1. The molecule has 0 bridgehead atoms. The van der Waals surface area contributed by atoms with Crippen LogP contribution in [-0.2, 0) is 4.79 Å². The SMILES string of the molecule is NC(=O)c1ccc(-c2cccc(OCCNCC3CCCCC3)c2)cc1.O=C(O)C(F)(F)F. The molecule has 180 valence electrons. The molecule has 9 heteroatoms. The number of ether oxygens (including phenoxy) is 1. The maximum Gasteiger partial charge on any atom is 0.490 e. The van der Waals surface area contributed by atoms with E-state index >= 15 is 0 Å². The first kappa shape index (κ1) is 26.2. The molecular formula is C24H29F3N2O4. The van der Waals surface area contributed by atoms with Gasteiger partial charge in [0.1, 0.15) is 12.4 Å². The van der Waals surface area contributed by atoms with Crippen LogP contribution >= 0.6 is 0 Å². The summed E-state index contributed by atoms with van der Waals surface area (Å²) >= 11 is 0. The van der Waals surface area contributed by atoms with Crippen LogP contribution in [-0.4, -0.2) is 42.9 Å². The Labute approximate surface area is 190 Å². The summed E-state index contributed by atoms with van der Waals surface area (Å²) in [4.78, 5) is 20.1. The van der Waals surface area contributed by atoms with Crippen molar-refractivity contribution >= 4 is 11.9 Å². The van der Waals surface area contributed by atoms with Crippen LogP contribution in [0, 0.1) is 5.92 Å². The standard InChI is InChI=1S/C22H28N2O2.C2HF3O2/c23-22(25)19-11-9-18(10-12-19)20-7-4-8-21(15-20)26-14-13-24-16-17-5-2-1-3-6-17;3-2(4,5)1(6)7/h4,7-12,15,17,24H,1-3,5-6,13-14,16H2,(H2,23,25);(H,6,7). The third-order valence-electron chi connectivity index (χ3n) is 5.28. The van der Waals surface area contributed by atoms with Crippen molar-refractivity contribution in [1.29, 1.82) is 0 Å². The zero-order valence-corrected chi connectivity index (χ0v) is 18.2. The first-order valence-electron chi connectivity index (χ1n) is 10.8. The quantitative estimate of drug-likeness (QED) is 0.492. The van der Waals surface area contributed by atoms with Crippen LogP contribution in [0.25, 0.3) is 11.1 Å². The lowest BCUT2D eigenvalue weighted by Gasteiger charge is -2.21. The van der Waals surface area contributed by atoms with Crippen LogP contribution in [0.5, 0.6) is 5.75 Å². The number of primary amides is 1. The number of nitrogens with two attached hydrogens (primary N) is 1. The molecule has 1 amide bonds. The number of carbonyl (C=O) groups is 2. The largest absolute Gasteiger partial charge is 0.492 e. The molecular weight excluding hydrogens is 437 g/mol. The average Bonchev–Trinajstić information content (AvgIpc) is 2.79. The molecule has 0 atom stereocenters. The Hall–Kier alpha value is -3.07. The van der Waals surface area contributed by atoms with Crippen molar-refractivity contribution in [1.82, 2.24) is 5.32 Å². The van der Waals surface area contributed by atoms with E-state index < -0.39 is 18.1 Å². The summed E-state index contributed by atoms with van der Waals surface area (Å²) in [6.45, 7) is 2.64. The van der Waals surface area contributed by atoms with Gasteiger partial charge >= 0.3 is 12.1 Å². The zero-order valence-electron chi connectivity index (χ0n) is 18.2. The highest BCUT2D eigenvalue weighted by Crippen LogP contribution is 2.25. The lowest BCUT2D eigenvalue weighted by molar-refractivity contribution is -0.192. The van der Waals surface area contributed by atoms with Gasteiger partial charge in [0, 0.05) is 12.1 Å². The minimum atomic E-state index is -5.08. The van der Waals surface area contributed by atoms with Crippen molar-refractivity contribution < 1.29 is 32.6 Å². The van der Waals surface area contributed by atoms with E-state index in [1.54, 1.807) is 12.1 Å². The number of hydrogen-bond acceptors (Lipinski definition) is 4. The highest BCUT2D eigenvalue weighted by atomic mass is 19.4. The molecule has 0 aromatic heterocycles. The zero-order chi connectivity index (χ0) is 24.3. The summed E-state index contributed by atoms with van der Waals surface area (Å²) in [6.07, 6.45) is 1.82. The summed E-state index contributed by atoms with van der Waals surface area (Å²) in [5.74, 6) is -1.46. The maximum absolute atomic E-state index is 11.2. The summed E-state index contributed by atoms with van der Waals surface area (Å²) in [5.41, 5.74) is 7.91. The van der Waals surface area contributed by atoms with E-state index in [0.29, 0.717) is 12.2 Å². The first-order chi connectivity index (χ1) is 15.7. The Morgan fingerprint density at radius 3 is 2.24 bits per heavy atom. The number of aliphatic carboxylic acids is 1.